The van der Waals surface area contributed by atoms with Crippen LogP contribution in [-0.2, 0) is 6.54 Å². The van der Waals surface area contributed by atoms with Gasteiger partial charge in [0.05, 0.1) is 23.0 Å². The van der Waals surface area contributed by atoms with Crippen LogP contribution in [0.2, 0.25) is 0 Å². The molecule has 1 saturated heterocycles. The van der Waals surface area contributed by atoms with Crippen LogP contribution in [0.15, 0.2) is 17.1 Å². The highest BCUT2D eigenvalue weighted by molar-refractivity contribution is 5.94. The number of ether oxygens (including phenoxy) is 1. The predicted octanol–water partition coefficient (Wildman–Crippen LogP) is 0.955. The standard InChI is InChI=1S/C17H18FN3O3.C2H2.CH4O/c1-19-2-4-20(5-3-19)15-13(18)8-12-14-17(15)24-7-6-21(14)9-11(10-22)16(12)23;2*1-2/h8-10H,2-7H2,1H3;1-2H;2H,1H3. The van der Waals surface area contributed by atoms with Crippen LogP contribution in [0.1, 0.15) is 10.4 Å². The summed E-state index contributed by atoms with van der Waals surface area (Å²) in [6, 6.07) is 1.24. The molecule has 0 unspecified atom stereocenters. The Morgan fingerprint density at radius 1 is 1.18 bits per heavy atom. The van der Waals surface area contributed by atoms with Gasteiger partial charge in [-0.1, -0.05) is 0 Å². The second kappa shape index (κ2) is 9.35. The molecule has 2 aliphatic heterocycles. The van der Waals surface area contributed by atoms with Gasteiger partial charge in [-0.05, 0) is 13.1 Å². The number of carbonyl (C=O) groups excluding carboxylic acids is 1. The summed E-state index contributed by atoms with van der Waals surface area (Å²) in [6.45, 7) is 3.99. The first-order valence-corrected chi connectivity index (χ1v) is 8.79. The average Bonchev–Trinajstić information content (AvgIpc) is 2.74. The first kappa shape index (κ1) is 21.4. The molecule has 0 atom stereocenters. The molecule has 8 heteroatoms. The summed E-state index contributed by atoms with van der Waals surface area (Å²) in [5.74, 6) is -0.0639. The maximum Gasteiger partial charge on any atom is 0.200 e. The number of hydrogen-bond acceptors (Lipinski definition) is 6. The number of hydrogen-bond donors (Lipinski definition) is 1. The Labute approximate surface area is 162 Å². The lowest BCUT2D eigenvalue weighted by molar-refractivity contribution is 0.112. The van der Waals surface area contributed by atoms with Gasteiger partial charge in [0.1, 0.15) is 12.3 Å². The summed E-state index contributed by atoms with van der Waals surface area (Å²) >= 11 is 0. The van der Waals surface area contributed by atoms with E-state index in [1.54, 1.807) is 0 Å². The van der Waals surface area contributed by atoms with Gasteiger partial charge in [0.15, 0.2) is 23.3 Å². The average molecular weight is 389 g/mol. The third-order valence-electron chi connectivity index (χ3n) is 4.80. The largest absolute Gasteiger partial charge is 0.487 e. The lowest BCUT2D eigenvalue weighted by Gasteiger charge is -2.36. The number of terminal acetylenes is 1. The van der Waals surface area contributed by atoms with E-state index >= 15 is 0 Å². The Balaban J connectivity index is 0.000000660. The molecule has 0 aliphatic carbocycles. The lowest BCUT2D eigenvalue weighted by atomic mass is 10.1. The molecule has 0 amide bonds. The van der Waals surface area contributed by atoms with Gasteiger partial charge in [-0.25, -0.2) is 4.39 Å². The van der Waals surface area contributed by atoms with Crippen molar-refractivity contribution in [3.05, 3.63) is 33.9 Å². The molecule has 1 N–H and O–H groups in total. The Bertz CT molecular complexity index is 931. The van der Waals surface area contributed by atoms with Crippen molar-refractivity contribution in [1.82, 2.24) is 9.47 Å². The molecule has 28 heavy (non-hydrogen) atoms. The van der Waals surface area contributed by atoms with Crippen LogP contribution in [0.25, 0.3) is 10.9 Å². The van der Waals surface area contributed by atoms with Crippen LogP contribution in [0.3, 0.4) is 0 Å². The zero-order chi connectivity index (χ0) is 20.8. The number of halogens is 1. The summed E-state index contributed by atoms with van der Waals surface area (Å²) in [4.78, 5) is 27.7. The van der Waals surface area contributed by atoms with Crippen molar-refractivity contribution < 1.29 is 19.0 Å². The third kappa shape index (κ3) is 3.72. The molecule has 0 spiro atoms. The molecule has 0 bridgehead atoms. The van der Waals surface area contributed by atoms with Crippen molar-refractivity contribution in [2.24, 2.45) is 0 Å². The van der Waals surface area contributed by atoms with E-state index in [0.717, 1.165) is 20.2 Å². The van der Waals surface area contributed by atoms with Gasteiger partial charge in [-0.2, -0.15) is 0 Å². The van der Waals surface area contributed by atoms with Crippen molar-refractivity contribution in [3.63, 3.8) is 0 Å². The molecule has 1 aromatic heterocycles. The van der Waals surface area contributed by atoms with E-state index in [4.69, 9.17) is 9.84 Å². The molecule has 0 saturated carbocycles. The van der Waals surface area contributed by atoms with E-state index in [-0.39, 0.29) is 10.9 Å². The number of likely N-dealkylation sites (N-methyl/N-ethyl adjacent to an activating group) is 1. The van der Waals surface area contributed by atoms with Crippen molar-refractivity contribution in [1.29, 1.82) is 0 Å². The van der Waals surface area contributed by atoms with Crippen LogP contribution < -0.4 is 15.1 Å². The van der Waals surface area contributed by atoms with Gasteiger partial charge < -0.3 is 24.2 Å². The highest BCUT2D eigenvalue weighted by atomic mass is 19.1. The van der Waals surface area contributed by atoms with E-state index in [0.29, 0.717) is 49.5 Å². The van der Waals surface area contributed by atoms with Gasteiger partial charge >= 0.3 is 0 Å². The monoisotopic (exact) mass is 389 g/mol. The number of rotatable bonds is 2. The van der Waals surface area contributed by atoms with E-state index in [1.807, 2.05) is 16.5 Å². The summed E-state index contributed by atoms with van der Waals surface area (Å²) in [5, 5.41) is 7.20. The molecule has 1 aromatic carbocycles. The molecule has 1 fully saturated rings. The van der Waals surface area contributed by atoms with E-state index in [1.165, 1.54) is 12.3 Å². The Kier molecular flexibility index (Phi) is 7.15. The lowest BCUT2D eigenvalue weighted by Crippen LogP contribution is -2.45. The van der Waals surface area contributed by atoms with Gasteiger partial charge in [0, 0.05) is 39.5 Å². The molecule has 7 nitrogen and oxygen atoms in total. The van der Waals surface area contributed by atoms with Crippen molar-refractivity contribution >= 4 is 22.9 Å². The number of anilines is 1. The van der Waals surface area contributed by atoms with E-state index in [9.17, 15) is 14.0 Å². The zero-order valence-corrected chi connectivity index (χ0v) is 16.0. The molecule has 2 aromatic rings. The van der Waals surface area contributed by atoms with Crippen LogP contribution >= 0.6 is 0 Å². The summed E-state index contributed by atoms with van der Waals surface area (Å²) in [7, 11) is 3.03. The smallest absolute Gasteiger partial charge is 0.200 e. The number of pyridine rings is 1. The quantitative estimate of drug-likeness (QED) is 0.609. The summed E-state index contributed by atoms with van der Waals surface area (Å²) in [6.07, 6.45) is 10.1. The number of aliphatic hydroxyl groups excluding tert-OH is 1. The van der Waals surface area contributed by atoms with Gasteiger partial charge in [-0.3, -0.25) is 9.59 Å². The second-order valence-electron chi connectivity index (χ2n) is 6.30. The maximum absolute atomic E-state index is 14.8. The minimum Gasteiger partial charge on any atom is -0.487 e. The van der Waals surface area contributed by atoms with Gasteiger partial charge in [0.25, 0.3) is 0 Å². The second-order valence-corrected chi connectivity index (χ2v) is 6.30. The van der Waals surface area contributed by atoms with Gasteiger partial charge in [0.2, 0.25) is 0 Å². The van der Waals surface area contributed by atoms with E-state index < -0.39 is 11.2 Å². The third-order valence-corrected chi connectivity index (χ3v) is 4.80. The Hall–Kier alpha value is -2.89. The molecular weight excluding hydrogens is 365 g/mol. The minimum absolute atomic E-state index is 0.0436. The molecule has 4 rings (SSSR count). The normalized spacial score (nSPS) is 15.6. The molecule has 3 heterocycles. The number of aliphatic hydroxyl groups is 1. The summed E-state index contributed by atoms with van der Waals surface area (Å²) in [5.41, 5.74) is 0.586. The maximum atomic E-state index is 14.8. The fourth-order valence-corrected chi connectivity index (χ4v) is 3.48. The molecule has 2 aliphatic rings. The van der Waals surface area contributed by atoms with Gasteiger partial charge in [-0.15, -0.1) is 12.8 Å². The van der Waals surface area contributed by atoms with Crippen LogP contribution in [-0.4, -0.2) is 67.8 Å². The number of aromatic nitrogens is 1. The highest BCUT2D eigenvalue weighted by Crippen LogP contribution is 2.40. The Morgan fingerprint density at radius 2 is 1.82 bits per heavy atom. The first-order valence-electron chi connectivity index (χ1n) is 8.79. The van der Waals surface area contributed by atoms with Crippen LogP contribution in [0.5, 0.6) is 5.75 Å². The summed E-state index contributed by atoms with van der Waals surface area (Å²) < 4.78 is 22.4. The SMILES string of the molecule is C#C.CN1CCN(c2c(F)cc3c(=O)c(C=O)cn4c3c2OCC4)CC1.CO. The van der Waals surface area contributed by atoms with Crippen molar-refractivity contribution in [2.75, 3.05) is 51.8 Å². The minimum atomic E-state index is -0.476. The first-order chi connectivity index (χ1) is 13.6. The fourth-order valence-electron chi connectivity index (χ4n) is 3.48. The molecule has 150 valence electrons. The fraction of sp³-hybridized carbons (Fsp3) is 0.400. The van der Waals surface area contributed by atoms with Crippen molar-refractivity contribution in [2.45, 2.75) is 6.54 Å². The predicted molar refractivity (Wildman–Crippen MR) is 107 cm³/mol. The number of piperazine rings is 1. The van der Waals surface area contributed by atoms with Crippen LogP contribution in [0, 0.1) is 18.7 Å². The van der Waals surface area contributed by atoms with Crippen molar-refractivity contribution in [3.8, 4) is 18.6 Å². The number of carbonyl (C=O) groups is 1. The number of benzene rings is 1. The molecule has 0 radical (unpaired) electrons. The number of aldehydes is 1. The number of nitrogens with zero attached hydrogens (tertiary/aromatic N) is 3. The zero-order valence-electron chi connectivity index (χ0n) is 16.0. The molecular formula is C20H24FN3O4. The highest BCUT2D eigenvalue weighted by Gasteiger charge is 2.28. The topological polar surface area (TPSA) is 75.0 Å². The van der Waals surface area contributed by atoms with E-state index in [2.05, 4.69) is 17.7 Å². The van der Waals surface area contributed by atoms with Crippen LogP contribution in [0.4, 0.5) is 10.1 Å². The Morgan fingerprint density at radius 3 is 2.43 bits per heavy atom.